The first-order chi connectivity index (χ1) is 17.6. The average Bonchev–Trinajstić information content (AvgIpc) is 3.45. The maximum absolute atomic E-state index is 13.7. The minimum atomic E-state index is -4.54. The molecule has 1 fully saturated rings. The van der Waals surface area contributed by atoms with Crippen LogP contribution in [0, 0.1) is 5.82 Å². The Labute approximate surface area is 206 Å². The van der Waals surface area contributed by atoms with E-state index >= 15 is 0 Å². The van der Waals surface area contributed by atoms with Crippen molar-refractivity contribution < 1.29 is 31.1 Å². The van der Waals surface area contributed by atoms with Gasteiger partial charge < -0.3 is 5.32 Å². The molecule has 0 bridgehead atoms. The average molecular weight is 522 g/mol. The summed E-state index contributed by atoms with van der Waals surface area (Å²) in [6, 6.07) is 7.29. The third kappa shape index (κ3) is 5.16. The highest BCUT2D eigenvalue weighted by Gasteiger charge is 2.37. The van der Waals surface area contributed by atoms with Gasteiger partial charge in [-0.25, -0.2) is 22.7 Å². The second-order valence-electron chi connectivity index (χ2n) is 8.73. The predicted octanol–water partition coefficient (Wildman–Crippen LogP) is 5.39. The standard InChI is InChI=1S/C24H20F6N6O/c25-15-6-4-13(5-7-15)17-10-19(21(26)27)36-22(33-17)16(12-32-36)23(37)31-8-1-9-35-18(14-2-3-14)11-20(34-35)24(28,29)30/h4-7,10-12,14,21H,1-3,8-9H2,(H,31,37). The van der Waals surface area contributed by atoms with E-state index in [2.05, 4.69) is 20.5 Å². The Morgan fingerprint density at radius 1 is 1.14 bits per heavy atom. The fourth-order valence-corrected chi connectivity index (χ4v) is 4.05. The quantitative estimate of drug-likeness (QED) is 0.249. The highest BCUT2D eigenvalue weighted by Crippen LogP contribution is 2.42. The van der Waals surface area contributed by atoms with E-state index < -0.39 is 35.7 Å². The molecule has 0 spiro atoms. The summed E-state index contributed by atoms with van der Waals surface area (Å²) in [5.74, 6) is -1.07. The number of amides is 1. The van der Waals surface area contributed by atoms with Crippen LogP contribution in [0.15, 0.2) is 42.6 Å². The van der Waals surface area contributed by atoms with Crippen molar-refractivity contribution in [3.63, 3.8) is 0 Å². The van der Waals surface area contributed by atoms with E-state index in [1.54, 1.807) is 0 Å². The maximum atomic E-state index is 13.7. The molecular formula is C24H20F6N6O. The summed E-state index contributed by atoms with van der Waals surface area (Å²) < 4.78 is 82.1. The molecule has 5 rings (SSSR count). The molecule has 1 aliphatic carbocycles. The molecular weight excluding hydrogens is 502 g/mol. The van der Waals surface area contributed by atoms with Crippen LogP contribution >= 0.6 is 0 Å². The van der Waals surface area contributed by atoms with Gasteiger partial charge in [-0.1, -0.05) is 0 Å². The number of nitrogens with zero attached hydrogens (tertiary/aromatic N) is 5. The first kappa shape index (κ1) is 24.8. The van der Waals surface area contributed by atoms with Gasteiger partial charge in [0.2, 0.25) is 0 Å². The number of hydrogen-bond donors (Lipinski definition) is 1. The number of benzene rings is 1. The van der Waals surface area contributed by atoms with Crippen molar-refractivity contribution in [2.75, 3.05) is 6.54 Å². The van der Waals surface area contributed by atoms with Crippen molar-refractivity contribution in [1.29, 1.82) is 0 Å². The molecule has 0 aliphatic heterocycles. The fraction of sp³-hybridized carbons (Fsp3) is 0.333. The molecule has 3 heterocycles. The van der Waals surface area contributed by atoms with E-state index in [1.807, 2.05) is 0 Å². The Morgan fingerprint density at radius 2 is 1.86 bits per heavy atom. The van der Waals surface area contributed by atoms with Crippen LogP contribution < -0.4 is 5.32 Å². The number of alkyl halides is 5. The lowest BCUT2D eigenvalue weighted by Gasteiger charge is -2.09. The summed E-state index contributed by atoms with van der Waals surface area (Å²) in [5, 5.41) is 10.2. The number of aryl methyl sites for hydroxylation is 1. The molecule has 194 valence electrons. The lowest BCUT2D eigenvalue weighted by molar-refractivity contribution is -0.141. The fourth-order valence-electron chi connectivity index (χ4n) is 4.05. The summed E-state index contributed by atoms with van der Waals surface area (Å²) in [5.41, 5.74) is -0.571. The summed E-state index contributed by atoms with van der Waals surface area (Å²) in [7, 11) is 0. The van der Waals surface area contributed by atoms with Crippen molar-refractivity contribution >= 4 is 11.6 Å². The number of nitrogens with one attached hydrogen (secondary N) is 1. The number of fused-ring (bicyclic) bond motifs is 1. The van der Waals surface area contributed by atoms with Gasteiger partial charge in [-0.2, -0.15) is 23.4 Å². The SMILES string of the molecule is O=C(NCCCn1nc(C(F)(F)F)cc1C1CC1)c1cnn2c(C(F)F)cc(-c3ccc(F)cc3)nc12. The third-order valence-corrected chi connectivity index (χ3v) is 6.04. The van der Waals surface area contributed by atoms with E-state index in [0.717, 1.165) is 35.7 Å². The van der Waals surface area contributed by atoms with Gasteiger partial charge in [-0.3, -0.25) is 9.48 Å². The molecule has 13 heteroatoms. The maximum Gasteiger partial charge on any atom is 0.435 e. The molecule has 7 nitrogen and oxygen atoms in total. The number of carbonyl (C=O) groups excluding carboxylic acids is 1. The molecule has 1 saturated carbocycles. The summed E-state index contributed by atoms with van der Waals surface area (Å²) in [6.45, 7) is 0.264. The Bertz CT molecular complexity index is 1440. The number of aromatic nitrogens is 5. The van der Waals surface area contributed by atoms with Crippen molar-refractivity contribution in [3.05, 3.63) is 71.1 Å². The zero-order valence-electron chi connectivity index (χ0n) is 19.1. The Kier molecular flexibility index (Phi) is 6.38. The summed E-state index contributed by atoms with van der Waals surface area (Å²) in [6.07, 6.45) is -4.43. The minimum Gasteiger partial charge on any atom is -0.352 e. The van der Waals surface area contributed by atoms with Gasteiger partial charge in [0.05, 0.1) is 11.9 Å². The van der Waals surface area contributed by atoms with Crippen molar-refractivity contribution in [3.8, 4) is 11.3 Å². The van der Waals surface area contributed by atoms with Gasteiger partial charge in [0.15, 0.2) is 11.3 Å². The minimum absolute atomic E-state index is 0.0528. The molecule has 0 atom stereocenters. The topological polar surface area (TPSA) is 77.1 Å². The molecule has 1 aliphatic rings. The molecule has 0 saturated heterocycles. The number of hydrogen-bond acceptors (Lipinski definition) is 4. The predicted molar refractivity (Wildman–Crippen MR) is 119 cm³/mol. The molecule has 37 heavy (non-hydrogen) atoms. The number of rotatable bonds is 8. The molecule has 4 aromatic rings. The van der Waals surface area contributed by atoms with E-state index in [1.165, 1.54) is 28.9 Å². The first-order valence-electron chi connectivity index (χ1n) is 11.5. The Morgan fingerprint density at radius 3 is 2.51 bits per heavy atom. The Balaban J connectivity index is 1.32. The summed E-state index contributed by atoms with van der Waals surface area (Å²) in [4.78, 5) is 17.1. The van der Waals surface area contributed by atoms with Crippen LogP contribution in [0.1, 0.15) is 59.0 Å². The van der Waals surface area contributed by atoms with Crippen LogP contribution in [0.5, 0.6) is 0 Å². The van der Waals surface area contributed by atoms with Crippen LogP contribution in [-0.2, 0) is 12.7 Å². The highest BCUT2D eigenvalue weighted by molar-refractivity contribution is 5.99. The first-order valence-corrected chi connectivity index (χ1v) is 11.5. The van der Waals surface area contributed by atoms with Gasteiger partial charge in [0.25, 0.3) is 12.3 Å². The Hall–Kier alpha value is -3.90. The number of halogens is 6. The number of carbonyl (C=O) groups is 1. The van der Waals surface area contributed by atoms with E-state index in [4.69, 9.17) is 0 Å². The van der Waals surface area contributed by atoms with Crippen molar-refractivity contribution in [2.24, 2.45) is 0 Å². The lowest BCUT2D eigenvalue weighted by atomic mass is 10.1. The van der Waals surface area contributed by atoms with Gasteiger partial charge in [-0.05, 0) is 55.7 Å². The third-order valence-electron chi connectivity index (χ3n) is 6.04. The molecule has 0 unspecified atom stereocenters. The van der Waals surface area contributed by atoms with Crippen LogP contribution in [0.3, 0.4) is 0 Å². The van der Waals surface area contributed by atoms with Gasteiger partial charge in [0, 0.05) is 30.3 Å². The second-order valence-corrected chi connectivity index (χ2v) is 8.73. The van der Waals surface area contributed by atoms with Gasteiger partial charge in [-0.15, -0.1) is 0 Å². The highest BCUT2D eigenvalue weighted by atomic mass is 19.4. The zero-order valence-corrected chi connectivity index (χ0v) is 19.1. The second kappa shape index (κ2) is 9.52. The van der Waals surface area contributed by atoms with E-state index in [-0.39, 0.29) is 35.9 Å². The molecule has 1 amide bonds. The lowest BCUT2D eigenvalue weighted by Crippen LogP contribution is -2.25. The van der Waals surface area contributed by atoms with Crippen molar-refractivity contribution in [2.45, 2.75) is 44.3 Å². The van der Waals surface area contributed by atoms with E-state index in [0.29, 0.717) is 17.7 Å². The van der Waals surface area contributed by atoms with Crippen LogP contribution in [0.2, 0.25) is 0 Å². The van der Waals surface area contributed by atoms with Crippen LogP contribution in [0.25, 0.3) is 16.9 Å². The van der Waals surface area contributed by atoms with E-state index in [9.17, 15) is 31.1 Å². The smallest absolute Gasteiger partial charge is 0.352 e. The molecule has 0 radical (unpaired) electrons. The largest absolute Gasteiger partial charge is 0.435 e. The van der Waals surface area contributed by atoms with Crippen LogP contribution in [0.4, 0.5) is 26.3 Å². The monoisotopic (exact) mass is 522 g/mol. The van der Waals surface area contributed by atoms with Gasteiger partial charge in [0.1, 0.15) is 17.1 Å². The molecule has 3 aromatic heterocycles. The van der Waals surface area contributed by atoms with Crippen molar-refractivity contribution in [1.82, 2.24) is 29.7 Å². The molecule has 1 aromatic carbocycles. The zero-order chi connectivity index (χ0) is 26.3. The van der Waals surface area contributed by atoms with Crippen LogP contribution in [-0.4, -0.2) is 36.8 Å². The normalized spacial score (nSPS) is 14.0. The molecule has 1 N–H and O–H groups in total. The van der Waals surface area contributed by atoms with Gasteiger partial charge >= 0.3 is 6.18 Å². The summed E-state index contributed by atoms with van der Waals surface area (Å²) >= 11 is 0.